The lowest BCUT2D eigenvalue weighted by molar-refractivity contribution is 0.0818. The van der Waals surface area contributed by atoms with Crippen molar-refractivity contribution in [3.8, 4) is 11.6 Å². The van der Waals surface area contributed by atoms with Gasteiger partial charge in [-0.15, -0.1) is 0 Å². The lowest BCUT2D eigenvalue weighted by Gasteiger charge is -2.34. The Labute approximate surface area is 207 Å². The molecule has 12 heteroatoms. The molecule has 1 aliphatic heterocycles. The van der Waals surface area contributed by atoms with E-state index in [9.17, 15) is 26.8 Å². The Balaban J connectivity index is 1.71. The number of nitrogens with one attached hydrogen (secondary N) is 1. The first-order valence-corrected chi connectivity index (χ1v) is 13.4. The van der Waals surface area contributed by atoms with E-state index in [1.165, 1.54) is 27.5 Å². The molecule has 0 atom stereocenters. The van der Waals surface area contributed by atoms with E-state index in [0.29, 0.717) is 29.4 Å². The maximum absolute atomic E-state index is 13.4. The number of alkyl halides is 2. The first kappa shape index (κ1) is 25.8. The third-order valence-electron chi connectivity index (χ3n) is 6.32. The van der Waals surface area contributed by atoms with Crippen LogP contribution in [0, 0.1) is 0 Å². The zero-order valence-electron chi connectivity index (χ0n) is 20.2. The van der Waals surface area contributed by atoms with Gasteiger partial charge < -0.3 is 10.1 Å². The van der Waals surface area contributed by atoms with Crippen LogP contribution >= 0.6 is 0 Å². The SMILES string of the molecule is CC(C)n1c(=O)n(-c2cc(OCC(F)F)ccn2)c2ccc(C(=O)NC3(C)CCS(=O)(=O)CC3)cc21. The number of halogens is 2. The van der Waals surface area contributed by atoms with Crippen LogP contribution < -0.4 is 15.7 Å². The Kier molecular flexibility index (Phi) is 6.91. The zero-order valence-corrected chi connectivity index (χ0v) is 21.0. The van der Waals surface area contributed by atoms with Crippen LogP contribution in [0.4, 0.5) is 8.78 Å². The van der Waals surface area contributed by atoms with Crippen molar-refractivity contribution in [1.82, 2.24) is 19.4 Å². The van der Waals surface area contributed by atoms with Gasteiger partial charge in [0.1, 0.15) is 28.0 Å². The maximum atomic E-state index is 13.4. The highest BCUT2D eigenvalue weighted by Crippen LogP contribution is 2.26. The number of nitrogens with zero attached hydrogens (tertiary/aromatic N) is 3. The average molecular weight is 523 g/mol. The van der Waals surface area contributed by atoms with E-state index in [1.54, 1.807) is 18.2 Å². The Morgan fingerprint density at radius 1 is 1.17 bits per heavy atom. The van der Waals surface area contributed by atoms with Crippen molar-refractivity contribution in [2.75, 3.05) is 18.1 Å². The molecule has 1 N–H and O–H groups in total. The summed E-state index contributed by atoms with van der Waals surface area (Å²) in [6.07, 6.45) is -0.622. The number of pyridine rings is 1. The van der Waals surface area contributed by atoms with Crippen LogP contribution in [0.1, 0.15) is 50.0 Å². The first-order valence-electron chi connectivity index (χ1n) is 11.6. The van der Waals surface area contributed by atoms with Gasteiger partial charge in [-0.2, -0.15) is 0 Å². The van der Waals surface area contributed by atoms with Gasteiger partial charge in [0.2, 0.25) is 0 Å². The minimum Gasteiger partial charge on any atom is -0.487 e. The summed E-state index contributed by atoms with van der Waals surface area (Å²) in [5.74, 6) is 0.0208. The third-order valence-corrected chi connectivity index (χ3v) is 7.97. The lowest BCUT2D eigenvalue weighted by atomic mass is 9.94. The third kappa shape index (κ3) is 5.28. The Morgan fingerprint density at radius 3 is 2.50 bits per heavy atom. The van der Waals surface area contributed by atoms with Crippen LogP contribution in [-0.2, 0) is 9.84 Å². The van der Waals surface area contributed by atoms with Gasteiger partial charge in [-0.05, 0) is 57.9 Å². The number of hydrogen-bond donors (Lipinski definition) is 1. The minimum atomic E-state index is -3.08. The fraction of sp³-hybridized carbons (Fsp3) is 0.458. The maximum Gasteiger partial charge on any atom is 0.335 e. The molecule has 36 heavy (non-hydrogen) atoms. The molecule has 3 aromatic rings. The molecule has 0 saturated carbocycles. The van der Waals surface area contributed by atoms with Crippen molar-refractivity contribution < 1.29 is 26.7 Å². The summed E-state index contributed by atoms with van der Waals surface area (Å²) in [6, 6.07) is 7.41. The predicted molar refractivity (Wildman–Crippen MR) is 131 cm³/mol. The smallest absolute Gasteiger partial charge is 0.335 e. The summed E-state index contributed by atoms with van der Waals surface area (Å²) in [6.45, 7) is 4.71. The van der Waals surface area contributed by atoms with Crippen molar-refractivity contribution in [2.45, 2.75) is 51.6 Å². The largest absolute Gasteiger partial charge is 0.487 e. The second kappa shape index (κ2) is 9.64. The molecule has 1 saturated heterocycles. The van der Waals surface area contributed by atoms with Crippen molar-refractivity contribution in [3.05, 3.63) is 52.6 Å². The highest BCUT2D eigenvalue weighted by atomic mass is 32.2. The van der Waals surface area contributed by atoms with E-state index in [0.717, 1.165) is 0 Å². The molecule has 1 aliphatic rings. The molecule has 0 aliphatic carbocycles. The highest BCUT2D eigenvalue weighted by molar-refractivity contribution is 7.91. The number of amides is 1. The van der Waals surface area contributed by atoms with Crippen molar-refractivity contribution >= 4 is 26.8 Å². The molecule has 2 aromatic heterocycles. The van der Waals surface area contributed by atoms with Crippen molar-refractivity contribution in [3.63, 3.8) is 0 Å². The lowest BCUT2D eigenvalue weighted by Crippen LogP contribution is -2.50. The molecule has 1 aromatic carbocycles. The number of benzene rings is 1. The number of hydrogen-bond acceptors (Lipinski definition) is 6. The molecule has 3 heterocycles. The van der Waals surface area contributed by atoms with Crippen LogP contribution in [0.3, 0.4) is 0 Å². The highest BCUT2D eigenvalue weighted by Gasteiger charge is 2.34. The summed E-state index contributed by atoms with van der Waals surface area (Å²) in [4.78, 5) is 30.7. The molecule has 0 spiro atoms. The van der Waals surface area contributed by atoms with Gasteiger partial charge in [0, 0.05) is 29.4 Å². The number of imidazole rings is 1. The van der Waals surface area contributed by atoms with Crippen LogP contribution in [0.25, 0.3) is 16.9 Å². The van der Waals surface area contributed by atoms with Crippen LogP contribution in [0.15, 0.2) is 41.3 Å². The standard InChI is InChI=1S/C24H28F2N4O5S/c1-15(2)29-19-12-16(22(31)28-24(3)7-10-36(33,34)11-8-24)4-5-18(19)30(23(29)32)21-13-17(6-9-27-21)35-14-20(25)26/h4-6,9,12-13,15,20H,7-8,10-11,14H2,1-3H3,(H,28,31). The van der Waals surface area contributed by atoms with Crippen molar-refractivity contribution in [2.24, 2.45) is 0 Å². The molecule has 4 rings (SSSR count). The summed E-state index contributed by atoms with van der Waals surface area (Å²) in [5.41, 5.74) is 0.258. The minimum absolute atomic E-state index is 0.0195. The number of ether oxygens (including phenoxy) is 1. The van der Waals surface area contributed by atoms with E-state index in [1.807, 2.05) is 20.8 Å². The molecule has 0 unspecified atom stereocenters. The second-order valence-corrected chi connectivity index (χ2v) is 11.8. The van der Waals surface area contributed by atoms with Gasteiger partial charge in [-0.1, -0.05) is 0 Å². The number of sulfone groups is 1. The summed E-state index contributed by atoms with van der Waals surface area (Å²) in [5, 5.41) is 2.96. The van der Waals surface area contributed by atoms with E-state index in [-0.39, 0.29) is 35.0 Å². The molecule has 0 bridgehead atoms. The normalized spacial score (nSPS) is 17.0. The van der Waals surface area contributed by atoms with Gasteiger partial charge in [-0.25, -0.2) is 31.5 Å². The molecule has 1 amide bonds. The Hall–Kier alpha value is -3.28. The van der Waals surface area contributed by atoms with E-state index < -0.39 is 34.1 Å². The van der Waals surface area contributed by atoms with Gasteiger partial charge in [0.25, 0.3) is 12.3 Å². The van der Waals surface area contributed by atoms with Gasteiger partial charge in [0.15, 0.2) is 0 Å². The fourth-order valence-electron chi connectivity index (χ4n) is 4.31. The van der Waals surface area contributed by atoms with Gasteiger partial charge in [0.05, 0.1) is 22.5 Å². The van der Waals surface area contributed by atoms with E-state index >= 15 is 0 Å². The number of aromatic nitrogens is 3. The summed E-state index contributed by atoms with van der Waals surface area (Å²) in [7, 11) is -3.08. The Bertz CT molecular complexity index is 1450. The van der Waals surface area contributed by atoms with Crippen LogP contribution in [-0.4, -0.2) is 58.5 Å². The molecule has 0 radical (unpaired) electrons. The van der Waals surface area contributed by atoms with E-state index in [4.69, 9.17) is 4.74 Å². The van der Waals surface area contributed by atoms with Crippen molar-refractivity contribution in [1.29, 1.82) is 0 Å². The Morgan fingerprint density at radius 2 is 1.86 bits per heavy atom. The molecular formula is C24H28F2N4O5S. The number of carbonyl (C=O) groups excluding carboxylic acids is 1. The first-order chi connectivity index (χ1) is 16.9. The zero-order chi connectivity index (χ0) is 26.3. The van der Waals surface area contributed by atoms with E-state index in [2.05, 4.69) is 10.3 Å². The topological polar surface area (TPSA) is 112 Å². The summed E-state index contributed by atoms with van der Waals surface area (Å²) >= 11 is 0. The average Bonchev–Trinajstić information content (AvgIpc) is 3.11. The molecule has 1 fully saturated rings. The van der Waals surface area contributed by atoms with Gasteiger partial charge >= 0.3 is 5.69 Å². The molecule has 9 nitrogen and oxygen atoms in total. The molecular weight excluding hydrogens is 494 g/mol. The second-order valence-electron chi connectivity index (χ2n) is 9.50. The quantitative estimate of drug-likeness (QED) is 0.510. The fourth-order valence-corrected chi connectivity index (χ4v) is 6.04. The number of rotatable bonds is 7. The monoisotopic (exact) mass is 522 g/mol. The molecule has 194 valence electrons. The number of carbonyl (C=O) groups is 1. The number of fused-ring (bicyclic) bond motifs is 1. The predicted octanol–water partition coefficient (Wildman–Crippen LogP) is 3.11. The summed E-state index contributed by atoms with van der Waals surface area (Å²) < 4.78 is 56.6. The van der Waals surface area contributed by atoms with Crippen LogP contribution in [0.5, 0.6) is 5.75 Å². The van der Waals surface area contributed by atoms with Gasteiger partial charge in [-0.3, -0.25) is 9.36 Å². The van der Waals surface area contributed by atoms with Crippen LogP contribution in [0.2, 0.25) is 0 Å².